The van der Waals surface area contributed by atoms with Crippen molar-refractivity contribution in [2.75, 3.05) is 0 Å². The van der Waals surface area contributed by atoms with Gasteiger partial charge in [-0.25, -0.2) is 4.98 Å². The normalized spacial score (nSPS) is 10.6. The van der Waals surface area contributed by atoms with Gasteiger partial charge in [-0.3, -0.25) is 4.79 Å². The van der Waals surface area contributed by atoms with Gasteiger partial charge in [0.1, 0.15) is 5.82 Å². The smallest absolute Gasteiger partial charge is 0.222 e. The molecule has 2 rings (SSSR count). The van der Waals surface area contributed by atoms with Crippen LogP contribution in [0.1, 0.15) is 30.6 Å². The molecular weight excluding hydrogens is 244 g/mol. The van der Waals surface area contributed by atoms with E-state index < -0.39 is 0 Å². The predicted octanol–water partition coefficient (Wildman–Crippen LogP) is 1.45. The number of hydrogen-bond donors (Lipinski definition) is 1. The SMILES string of the molecule is CCc1nccn1CCC(=O)NCc1cc(C)no1. The summed E-state index contributed by atoms with van der Waals surface area (Å²) in [5.74, 6) is 1.66. The standard InChI is InChI=1S/C13H18N4O2/c1-3-12-14-5-7-17(12)6-4-13(18)15-9-11-8-10(2)16-19-11/h5,7-8H,3-4,6,9H2,1-2H3,(H,15,18). The molecule has 1 N–H and O–H groups in total. The zero-order chi connectivity index (χ0) is 13.7. The second-order valence-electron chi connectivity index (χ2n) is 4.35. The van der Waals surface area contributed by atoms with Crippen molar-refractivity contribution in [2.45, 2.75) is 39.8 Å². The van der Waals surface area contributed by atoms with Crippen LogP contribution in [0.2, 0.25) is 0 Å². The number of hydrogen-bond acceptors (Lipinski definition) is 4. The minimum absolute atomic E-state index is 0.00944. The molecular formula is C13H18N4O2. The van der Waals surface area contributed by atoms with Crippen molar-refractivity contribution < 1.29 is 9.32 Å². The van der Waals surface area contributed by atoms with Gasteiger partial charge in [0.25, 0.3) is 0 Å². The molecule has 2 heterocycles. The molecule has 0 spiro atoms. The first-order valence-corrected chi connectivity index (χ1v) is 6.38. The highest BCUT2D eigenvalue weighted by molar-refractivity contribution is 5.75. The van der Waals surface area contributed by atoms with Gasteiger partial charge >= 0.3 is 0 Å². The van der Waals surface area contributed by atoms with Crippen molar-refractivity contribution in [3.05, 3.63) is 35.7 Å². The molecule has 1 amide bonds. The van der Waals surface area contributed by atoms with Crippen LogP contribution in [0.4, 0.5) is 0 Å². The Kier molecular flexibility index (Phi) is 4.33. The third-order valence-electron chi connectivity index (χ3n) is 2.83. The van der Waals surface area contributed by atoms with Gasteiger partial charge in [-0.1, -0.05) is 12.1 Å². The lowest BCUT2D eigenvalue weighted by Gasteiger charge is -2.06. The maximum atomic E-state index is 11.7. The Morgan fingerprint density at radius 1 is 1.53 bits per heavy atom. The quantitative estimate of drug-likeness (QED) is 0.855. The molecule has 0 bridgehead atoms. The van der Waals surface area contributed by atoms with Crippen molar-refractivity contribution in [2.24, 2.45) is 0 Å². The molecule has 0 fully saturated rings. The summed E-state index contributed by atoms with van der Waals surface area (Å²) in [6, 6.07) is 1.81. The zero-order valence-corrected chi connectivity index (χ0v) is 11.2. The lowest BCUT2D eigenvalue weighted by Crippen LogP contribution is -2.23. The van der Waals surface area contributed by atoms with Gasteiger partial charge in [0, 0.05) is 37.8 Å². The number of imidazole rings is 1. The molecule has 0 saturated carbocycles. The first-order valence-electron chi connectivity index (χ1n) is 6.38. The van der Waals surface area contributed by atoms with Crippen LogP contribution in [0.5, 0.6) is 0 Å². The second-order valence-corrected chi connectivity index (χ2v) is 4.35. The summed E-state index contributed by atoms with van der Waals surface area (Å²) in [5.41, 5.74) is 0.815. The molecule has 0 aliphatic heterocycles. The van der Waals surface area contributed by atoms with Crippen LogP contribution >= 0.6 is 0 Å². The highest BCUT2D eigenvalue weighted by atomic mass is 16.5. The summed E-state index contributed by atoms with van der Waals surface area (Å²) < 4.78 is 7.02. The van der Waals surface area contributed by atoms with E-state index in [1.807, 2.05) is 30.7 Å². The van der Waals surface area contributed by atoms with Crippen molar-refractivity contribution in [3.8, 4) is 0 Å². The van der Waals surface area contributed by atoms with E-state index in [2.05, 4.69) is 15.5 Å². The largest absolute Gasteiger partial charge is 0.359 e. The van der Waals surface area contributed by atoms with Crippen molar-refractivity contribution in [3.63, 3.8) is 0 Å². The van der Waals surface area contributed by atoms with Gasteiger partial charge in [-0.2, -0.15) is 0 Å². The van der Waals surface area contributed by atoms with E-state index in [0.29, 0.717) is 25.3 Å². The van der Waals surface area contributed by atoms with Crippen LogP contribution in [0.15, 0.2) is 23.0 Å². The third-order valence-corrected chi connectivity index (χ3v) is 2.83. The fourth-order valence-corrected chi connectivity index (χ4v) is 1.85. The monoisotopic (exact) mass is 262 g/mol. The molecule has 2 aromatic heterocycles. The summed E-state index contributed by atoms with van der Waals surface area (Å²) in [7, 11) is 0. The van der Waals surface area contributed by atoms with Gasteiger partial charge in [-0.15, -0.1) is 0 Å². The predicted molar refractivity (Wildman–Crippen MR) is 69.3 cm³/mol. The molecule has 0 radical (unpaired) electrons. The number of aromatic nitrogens is 3. The lowest BCUT2D eigenvalue weighted by atomic mass is 10.3. The van der Waals surface area contributed by atoms with Gasteiger partial charge in [0.2, 0.25) is 5.91 Å². The van der Waals surface area contributed by atoms with Crippen LogP contribution in [-0.4, -0.2) is 20.6 Å². The average molecular weight is 262 g/mol. The van der Waals surface area contributed by atoms with E-state index in [9.17, 15) is 4.79 Å². The van der Waals surface area contributed by atoms with E-state index in [-0.39, 0.29) is 5.91 Å². The molecule has 0 aromatic carbocycles. The van der Waals surface area contributed by atoms with E-state index in [1.54, 1.807) is 6.20 Å². The zero-order valence-electron chi connectivity index (χ0n) is 11.2. The van der Waals surface area contributed by atoms with Crippen LogP contribution in [0.3, 0.4) is 0 Å². The Morgan fingerprint density at radius 3 is 3.05 bits per heavy atom. The first-order chi connectivity index (χ1) is 9.19. The van der Waals surface area contributed by atoms with Crippen molar-refractivity contribution in [1.82, 2.24) is 20.0 Å². The maximum Gasteiger partial charge on any atom is 0.222 e. The van der Waals surface area contributed by atoms with Crippen LogP contribution in [-0.2, 0) is 24.3 Å². The Morgan fingerprint density at radius 2 is 2.37 bits per heavy atom. The number of carbonyl (C=O) groups is 1. The van der Waals surface area contributed by atoms with E-state index in [4.69, 9.17) is 4.52 Å². The maximum absolute atomic E-state index is 11.7. The van der Waals surface area contributed by atoms with Crippen LogP contribution in [0, 0.1) is 6.92 Å². The number of amides is 1. The highest BCUT2D eigenvalue weighted by Crippen LogP contribution is 2.02. The number of nitrogens with zero attached hydrogens (tertiary/aromatic N) is 3. The summed E-state index contributed by atoms with van der Waals surface area (Å²) in [6.45, 7) is 4.92. The first kappa shape index (κ1) is 13.3. The molecule has 0 aliphatic rings. The molecule has 0 aliphatic carbocycles. The molecule has 0 unspecified atom stereocenters. The molecule has 102 valence electrons. The topological polar surface area (TPSA) is 73.0 Å². The fraction of sp³-hybridized carbons (Fsp3) is 0.462. The Labute approximate surface area is 111 Å². The number of aryl methyl sites for hydroxylation is 3. The minimum atomic E-state index is -0.00944. The van der Waals surface area contributed by atoms with Crippen LogP contribution in [0.25, 0.3) is 0 Å². The van der Waals surface area contributed by atoms with Crippen molar-refractivity contribution in [1.29, 1.82) is 0 Å². The second kappa shape index (κ2) is 6.17. The van der Waals surface area contributed by atoms with Gasteiger partial charge in [0.05, 0.1) is 12.2 Å². The third kappa shape index (κ3) is 3.67. The summed E-state index contributed by atoms with van der Waals surface area (Å²) in [4.78, 5) is 15.9. The molecule has 6 heteroatoms. The Balaban J connectivity index is 1.76. The minimum Gasteiger partial charge on any atom is -0.359 e. The molecule has 6 nitrogen and oxygen atoms in total. The average Bonchev–Trinajstić information content (AvgIpc) is 3.02. The molecule has 0 atom stereocenters. The van der Waals surface area contributed by atoms with E-state index in [0.717, 1.165) is 17.9 Å². The Hall–Kier alpha value is -2.11. The lowest BCUT2D eigenvalue weighted by molar-refractivity contribution is -0.121. The van der Waals surface area contributed by atoms with Gasteiger partial charge in [0.15, 0.2) is 5.76 Å². The van der Waals surface area contributed by atoms with Gasteiger partial charge in [-0.05, 0) is 6.92 Å². The highest BCUT2D eigenvalue weighted by Gasteiger charge is 2.06. The fourth-order valence-electron chi connectivity index (χ4n) is 1.85. The molecule has 2 aromatic rings. The number of nitrogens with one attached hydrogen (secondary N) is 1. The van der Waals surface area contributed by atoms with E-state index >= 15 is 0 Å². The summed E-state index contributed by atoms with van der Waals surface area (Å²) in [5, 5.41) is 6.57. The number of carbonyl (C=O) groups excluding carboxylic acids is 1. The Bertz CT molecular complexity index is 544. The molecule has 0 saturated heterocycles. The molecule has 19 heavy (non-hydrogen) atoms. The van der Waals surface area contributed by atoms with E-state index in [1.165, 1.54) is 0 Å². The van der Waals surface area contributed by atoms with Crippen molar-refractivity contribution >= 4 is 5.91 Å². The summed E-state index contributed by atoms with van der Waals surface area (Å²) >= 11 is 0. The summed E-state index contributed by atoms with van der Waals surface area (Å²) in [6.07, 6.45) is 4.95. The number of rotatable bonds is 6. The van der Waals surface area contributed by atoms with Gasteiger partial charge < -0.3 is 14.4 Å². The van der Waals surface area contributed by atoms with Crippen LogP contribution < -0.4 is 5.32 Å².